The molecule has 2 N–H and O–H groups in total. The minimum atomic E-state index is -0.848. The number of nitrogens with zero attached hydrogens (tertiary/aromatic N) is 2. The Morgan fingerprint density at radius 2 is 2.30 bits per heavy atom. The lowest BCUT2D eigenvalue weighted by Gasteiger charge is -2.03. The van der Waals surface area contributed by atoms with Crippen molar-refractivity contribution < 1.29 is 9.90 Å². The van der Waals surface area contributed by atoms with Gasteiger partial charge in [-0.2, -0.15) is 0 Å². The highest BCUT2D eigenvalue weighted by Gasteiger charge is 2.06. The topological polar surface area (TPSA) is 75.1 Å². The van der Waals surface area contributed by atoms with Gasteiger partial charge in [0.15, 0.2) is 4.34 Å². The molecule has 0 aliphatic carbocycles. The number of thioether (sulfide) groups is 1. The number of aryl methyl sites for hydroxylation is 1. The van der Waals surface area contributed by atoms with Gasteiger partial charge in [-0.3, -0.25) is 4.79 Å². The number of carboxylic acid groups (broad SMARTS) is 1. The van der Waals surface area contributed by atoms with E-state index in [-0.39, 0.29) is 5.75 Å². The highest BCUT2D eigenvalue weighted by Crippen LogP contribution is 2.25. The van der Waals surface area contributed by atoms with Gasteiger partial charge in [-0.15, -0.1) is 10.2 Å². The average molecular weight is 309 g/mol. The second kappa shape index (κ2) is 7.25. The number of rotatable bonds is 7. The van der Waals surface area contributed by atoms with Crippen molar-refractivity contribution in [2.45, 2.75) is 17.7 Å². The summed E-state index contributed by atoms with van der Waals surface area (Å²) >= 11 is 2.57. The molecule has 7 heteroatoms. The Hall–Kier alpha value is -1.60. The van der Waals surface area contributed by atoms with Crippen LogP contribution in [0, 0.1) is 6.92 Å². The average Bonchev–Trinajstić information content (AvgIpc) is 2.84. The molecule has 20 heavy (non-hydrogen) atoms. The Morgan fingerprint density at radius 1 is 1.45 bits per heavy atom. The highest BCUT2D eigenvalue weighted by molar-refractivity contribution is 8.01. The van der Waals surface area contributed by atoms with Crippen LogP contribution in [0.3, 0.4) is 0 Å². The van der Waals surface area contributed by atoms with E-state index in [1.165, 1.54) is 34.2 Å². The molecule has 2 aromatic rings. The fraction of sp³-hybridized carbons (Fsp3) is 0.308. The molecule has 0 spiro atoms. The molecular weight excluding hydrogens is 294 g/mol. The summed E-state index contributed by atoms with van der Waals surface area (Å²) in [6.45, 7) is 2.86. The van der Waals surface area contributed by atoms with Crippen molar-refractivity contribution in [1.29, 1.82) is 0 Å². The lowest BCUT2D eigenvalue weighted by molar-refractivity contribution is -0.133. The molecule has 0 bridgehead atoms. The summed E-state index contributed by atoms with van der Waals surface area (Å²) in [5.41, 5.74) is 2.54. The Bertz CT molecular complexity index is 587. The smallest absolute Gasteiger partial charge is 0.313 e. The minimum absolute atomic E-state index is 0.0118. The lowest BCUT2D eigenvalue weighted by Crippen LogP contribution is -2.04. The van der Waals surface area contributed by atoms with Crippen molar-refractivity contribution in [2.24, 2.45) is 0 Å². The molecule has 5 nitrogen and oxygen atoms in total. The Balaban J connectivity index is 1.78. The van der Waals surface area contributed by atoms with Crippen molar-refractivity contribution >= 4 is 34.2 Å². The molecule has 0 aliphatic rings. The summed E-state index contributed by atoms with van der Waals surface area (Å²) in [5.74, 6) is -0.836. The van der Waals surface area contributed by atoms with Crippen LogP contribution in [0.5, 0.6) is 0 Å². The predicted octanol–water partition coefficient (Wildman–Crippen LogP) is 2.68. The van der Waals surface area contributed by atoms with Gasteiger partial charge in [0.2, 0.25) is 5.13 Å². The van der Waals surface area contributed by atoms with Crippen LogP contribution in [0.1, 0.15) is 11.1 Å². The summed E-state index contributed by atoms with van der Waals surface area (Å²) in [7, 11) is 0. The maximum absolute atomic E-state index is 10.5. The molecular formula is C13H15N3O2S2. The number of anilines is 1. The van der Waals surface area contributed by atoms with E-state index in [1.807, 2.05) is 0 Å². The zero-order valence-corrected chi connectivity index (χ0v) is 12.6. The third kappa shape index (κ3) is 4.82. The number of hydrogen-bond donors (Lipinski definition) is 2. The quantitative estimate of drug-likeness (QED) is 0.766. The Labute approximate surface area is 125 Å². The number of carbonyl (C=O) groups is 1. The first-order chi connectivity index (χ1) is 9.63. The van der Waals surface area contributed by atoms with Crippen molar-refractivity contribution in [3.63, 3.8) is 0 Å². The van der Waals surface area contributed by atoms with Crippen LogP contribution in [0.15, 0.2) is 28.6 Å². The van der Waals surface area contributed by atoms with E-state index in [1.54, 1.807) is 0 Å². The summed E-state index contributed by atoms with van der Waals surface area (Å²) < 4.78 is 0.672. The standard InChI is InChI=1S/C13H15N3O2S2/c1-9-3-2-4-10(7-9)5-6-14-12-15-16-13(20-12)19-8-11(17)18/h2-4,7H,5-6,8H2,1H3,(H,14,15)(H,17,18). The summed E-state index contributed by atoms with van der Waals surface area (Å²) in [6.07, 6.45) is 0.916. The van der Waals surface area contributed by atoms with Gasteiger partial charge in [0.25, 0.3) is 0 Å². The first-order valence-corrected chi connectivity index (χ1v) is 7.91. The number of aromatic nitrogens is 2. The molecule has 1 heterocycles. The first kappa shape index (κ1) is 14.8. The van der Waals surface area contributed by atoms with Crippen molar-refractivity contribution in [1.82, 2.24) is 10.2 Å². The molecule has 0 amide bonds. The van der Waals surface area contributed by atoms with E-state index < -0.39 is 5.97 Å². The number of aliphatic carboxylic acids is 1. The fourth-order valence-electron chi connectivity index (χ4n) is 1.64. The van der Waals surface area contributed by atoms with E-state index in [0.717, 1.165) is 18.1 Å². The molecule has 0 aliphatic heterocycles. The largest absolute Gasteiger partial charge is 0.481 e. The summed E-state index contributed by atoms with van der Waals surface area (Å²) in [6, 6.07) is 8.39. The Kier molecular flexibility index (Phi) is 5.37. The van der Waals surface area contributed by atoms with Gasteiger partial charge in [-0.05, 0) is 18.9 Å². The molecule has 2 rings (SSSR count). The van der Waals surface area contributed by atoms with Gasteiger partial charge in [-0.1, -0.05) is 52.9 Å². The molecule has 0 saturated heterocycles. The molecule has 1 aromatic carbocycles. The SMILES string of the molecule is Cc1cccc(CCNc2nnc(SCC(=O)O)s2)c1. The zero-order chi connectivity index (χ0) is 14.4. The van der Waals surface area contributed by atoms with E-state index in [2.05, 4.69) is 46.7 Å². The van der Waals surface area contributed by atoms with E-state index in [9.17, 15) is 4.79 Å². The van der Waals surface area contributed by atoms with E-state index >= 15 is 0 Å². The minimum Gasteiger partial charge on any atom is -0.481 e. The molecule has 0 radical (unpaired) electrons. The molecule has 0 saturated carbocycles. The number of hydrogen-bond acceptors (Lipinski definition) is 6. The number of nitrogens with one attached hydrogen (secondary N) is 1. The molecule has 0 atom stereocenters. The van der Waals surface area contributed by atoms with Crippen LogP contribution in [-0.4, -0.2) is 33.6 Å². The monoisotopic (exact) mass is 309 g/mol. The molecule has 0 fully saturated rings. The number of benzene rings is 1. The van der Waals surface area contributed by atoms with Gasteiger partial charge >= 0.3 is 5.97 Å². The maximum Gasteiger partial charge on any atom is 0.313 e. The van der Waals surface area contributed by atoms with Gasteiger partial charge in [0.1, 0.15) is 0 Å². The van der Waals surface area contributed by atoms with Crippen molar-refractivity contribution in [3.8, 4) is 0 Å². The number of carboxylic acids is 1. The van der Waals surface area contributed by atoms with Crippen LogP contribution < -0.4 is 5.32 Å². The van der Waals surface area contributed by atoms with E-state index in [0.29, 0.717) is 4.34 Å². The second-order valence-corrected chi connectivity index (χ2v) is 6.42. The molecule has 1 aromatic heterocycles. The van der Waals surface area contributed by atoms with Crippen LogP contribution in [-0.2, 0) is 11.2 Å². The van der Waals surface area contributed by atoms with Gasteiger partial charge in [0.05, 0.1) is 5.75 Å². The third-order valence-corrected chi connectivity index (χ3v) is 4.50. The van der Waals surface area contributed by atoms with Gasteiger partial charge in [0, 0.05) is 6.54 Å². The first-order valence-electron chi connectivity index (χ1n) is 6.11. The van der Waals surface area contributed by atoms with Crippen LogP contribution in [0.2, 0.25) is 0 Å². The van der Waals surface area contributed by atoms with Crippen LogP contribution >= 0.6 is 23.1 Å². The summed E-state index contributed by atoms with van der Waals surface area (Å²) in [5, 5.41) is 20.4. The zero-order valence-electron chi connectivity index (χ0n) is 11.0. The molecule has 106 valence electrons. The van der Waals surface area contributed by atoms with Gasteiger partial charge < -0.3 is 10.4 Å². The van der Waals surface area contributed by atoms with Crippen molar-refractivity contribution in [3.05, 3.63) is 35.4 Å². The second-order valence-electron chi connectivity index (χ2n) is 4.22. The third-order valence-electron chi connectivity index (χ3n) is 2.50. The summed E-state index contributed by atoms with van der Waals surface area (Å²) in [4.78, 5) is 10.5. The highest BCUT2D eigenvalue weighted by atomic mass is 32.2. The fourth-order valence-corrected chi connectivity index (χ4v) is 3.14. The van der Waals surface area contributed by atoms with Crippen molar-refractivity contribution in [2.75, 3.05) is 17.6 Å². The normalized spacial score (nSPS) is 10.4. The lowest BCUT2D eigenvalue weighted by atomic mass is 10.1. The Morgan fingerprint density at radius 3 is 3.05 bits per heavy atom. The predicted molar refractivity (Wildman–Crippen MR) is 81.6 cm³/mol. The van der Waals surface area contributed by atoms with E-state index in [4.69, 9.17) is 5.11 Å². The van der Waals surface area contributed by atoms with Crippen LogP contribution in [0.4, 0.5) is 5.13 Å². The van der Waals surface area contributed by atoms with Crippen LogP contribution in [0.25, 0.3) is 0 Å². The molecule has 0 unspecified atom stereocenters. The van der Waals surface area contributed by atoms with Gasteiger partial charge in [-0.25, -0.2) is 0 Å². The maximum atomic E-state index is 10.5.